The lowest BCUT2D eigenvalue weighted by Gasteiger charge is -2.23. The number of benzene rings is 2. The molecule has 2 aromatic carbocycles. The maximum absolute atomic E-state index is 12.9. The minimum absolute atomic E-state index is 0.138. The molecule has 0 saturated heterocycles. The SMILES string of the molecule is O=C(O)CN(c1ccccc1I)S(=O)(=O)c1ccccc1[N+](=O)[O-]. The highest BCUT2D eigenvalue weighted by Crippen LogP contribution is 2.31. The number of anilines is 1. The summed E-state index contributed by atoms with van der Waals surface area (Å²) in [5.41, 5.74) is -0.475. The van der Waals surface area contributed by atoms with Crippen molar-refractivity contribution < 1.29 is 23.2 Å². The number of aliphatic carboxylic acids is 1. The molecule has 24 heavy (non-hydrogen) atoms. The third kappa shape index (κ3) is 3.64. The second-order valence-corrected chi connectivity index (χ2v) is 7.57. The lowest BCUT2D eigenvalue weighted by Crippen LogP contribution is -2.36. The van der Waals surface area contributed by atoms with Gasteiger partial charge >= 0.3 is 5.97 Å². The van der Waals surface area contributed by atoms with Crippen LogP contribution in [0.5, 0.6) is 0 Å². The number of hydrogen-bond acceptors (Lipinski definition) is 5. The largest absolute Gasteiger partial charge is 0.480 e. The van der Waals surface area contributed by atoms with Gasteiger partial charge in [-0.25, -0.2) is 8.42 Å². The summed E-state index contributed by atoms with van der Waals surface area (Å²) < 4.78 is 27.0. The van der Waals surface area contributed by atoms with Crippen molar-refractivity contribution >= 4 is 50.0 Å². The van der Waals surface area contributed by atoms with Crippen LogP contribution in [0.2, 0.25) is 0 Å². The Morgan fingerprint density at radius 3 is 2.33 bits per heavy atom. The standard InChI is InChI=1S/C14H11IN2O6S/c15-10-5-1-2-6-11(10)16(9-14(18)19)24(22,23)13-8-4-3-7-12(13)17(20)21/h1-8H,9H2,(H,18,19). The number of carboxylic acids is 1. The van der Waals surface area contributed by atoms with Gasteiger partial charge in [-0.3, -0.25) is 19.2 Å². The van der Waals surface area contributed by atoms with Crippen molar-refractivity contribution in [2.45, 2.75) is 4.90 Å². The van der Waals surface area contributed by atoms with Crippen LogP contribution in [0.15, 0.2) is 53.4 Å². The van der Waals surface area contributed by atoms with Gasteiger partial charge in [0.2, 0.25) is 0 Å². The number of rotatable bonds is 6. The van der Waals surface area contributed by atoms with Gasteiger partial charge in [0.15, 0.2) is 4.90 Å². The van der Waals surface area contributed by atoms with Gasteiger partial charge in [0.25, 0.3) is 15.7 Å². The van der Waals surface area contributed by atoms with Crippen molar-refractivity contribution in [2.75, 3.05) is 10.8 Å². The van der Waals surface area contributed by atoms with Crippen LogP contribution >= 0.6 is 22.6 Å². The number of sulfonamides is 1. The molecule has 0 amide bonds. The molecule has 0 atom stereocenters. The Bertz CT molecular complexity index is 900. The molecule has 2 rings (SSSR count). The van der Waals surface area contributed by atoms with E-state index in [9.17, 15) is 23.3 Å². The van der Waals surface area contributed by atoms with Crippen LogP contribution < -0.4 is 4.31 Å². The smallest absolute Gasteiger partial charge is 0.324 e. The minimum atomic E-state index is -4.44. The summed E-state index contributed by atoms with van der Waals surface area (Å²) in [5, 5.41) is 20.2. The molecule has 1 N–H and O–H groups in total. The van der Waals surface area contributed by atoms with Crippen molar-refractivity contribution in [3.05, 3.63) is 62.2 Å². The van der Waals surface area contributed by atoms with Crippen LogP contribution in [-0.2, 0) is 14.8 Å². The van der Waals surface area contributed by atoms with E-state index >= 15 is 0 Å². The van der Waals surface area contributed by atoms with E-state index in [-0.39, 0.29) is 5.69 Å². The van der Waals surface area contributed by atoms with Gasteiger partial charge in [-0.15, -0.1) is 0 Å². The summed E-state index contributed by atoms with van der Waals surface area (Å²) in [4.78, 5) is 20.9. The van der Waals surface area contributed by atoms with Crippen molar-refractivity contribution in [2.24, 2.45) is 0 Å². The molecular weight excluding hydrogens is 451 g/mol. The fraction of sp³-hybridized carbons (Fsp3) is 0.0714. The highest BCUT2D eigenvalue weighted by molar-refractivity contribution is 14.1. The second-order valence-electron chi connectivity index (χ2n) is 4.58. The van der Waals surface area contributed by atoms with E-state index in [0.717, 1.165) is 12.1 Å². The number of para-hydroxylation sites is 2. The zero-order chi connectivity index (χ0) is 17.9. The van der Waals surface area contributed by atoms with Crippen LogP contribution in [-0.4, -0.2) is 31.0 Å². The zero-order valence-electron chi connectivity index (χ0n) is 12.0. The molecule has 0 saturated carbocycles. The lowest BCUT2D eigenvalue weighted by molar-refractivity contribution is -0.387. The molecule has 0 spiro atoms. The number of carbonyl (C=O) groups is 1. The summed E-state index contributed by atoms with van der Waals surface area (Å²) in [7, 11) is -4.44. The molecule has 10 heteroatoms. The van der Waals surface area contributed by atoms with E-state index in [0.29, 0.717) is 7.88 Å². The fourth-order valence-electron chi connectivity index (χ4n) is 2.02. The number of nitrogens with zero attached hydrogens (tertiary/aromatic N) is 2. The third-order valence-corrected chi connectivity index (χ3v) is 5.75. The van der Waals surface area contributed by atoms with Crippen LogP contribution in [0.25, 0.3) is 0 Å². The van der Waals surface area contributed by atoms with Crippen molar-refractivity contribution in [3.63, 3.8) is 0 Å². The van der Waals surface area contributed by atoms with Gasteiger partial charge in [0.1, 0.15) is 6.54 Å². The Balaban J connectivity index is 2.68. The first-order chi connectivity index (χ1) is 11.2. The van der Waals surface area contributed by atoms with Gasteiger partial charge in [-0.1, -0.05) is 24.3 Å². The number of nitro benzene ring substituents is 1. The summed E-state index contributed by atoms with van der Waals surface area (Å²) in [5.74, 6) is -1.38. The first-order valence-electron chi connectivity index (χ1n) is 6.47. The minimum Gasteiger partial charge on any atom is -0.480 e. The van der Waals surface area contributed by atoms with Gasteiger partial charge in [0, 0.05) is 9.64 Å². The highest BCUT2D eigenvalue weighted by atomic mass is 127. The predicted octanol–water partition coefficient (Wildman–Crippen LogP) is 2.48. The van der Waals surface area contributed by atoms with Crippen LogP contribution in [0.1, 0.15) is 0 Å². The first-order valence-corrected chi connectivity index (χ1v) is 8.99. The molecule has 126 valence electrons. The van der Waals surface area contributed by atoms with Crippen LogP contribution in [0.3, 0.4) is 0 Å². The topological polar surface area (TPSA) is 118 Å². The molecular formula is C14H11IN2O6S. The van der Waals surface area contributed by atoms with E-state index in [1.807, 2.05) is 22.6 Å². The highest BCUT2D eigenvalue weighted by Gasteiger charge is 2.33. The number of hydrogen-bond donors (Lipinski definition) is 1. The van der Waals surface area contributed by atoms with E-state index < -0.39 is 38.0 Å². The van der Waals surface area contributed by atoms with E-state index in [4.69, 9.17) is 5.11 Å². The summed E-state index contributed by atoms with van der Waals surface area (Å²) in [6.07, 6.45) is 0. The predicted molar refractivity (Wildman–Crippen MR) is 94.4 cm³/mol. The monoisotopic (exact) mass is 462 g/mol. The maximum Gasteiger partial charge on any atom is 0.324 e. The maximum atomic E-state index is 12.9. The van der Waals surface area contributed by atoms with E-state index in [1.165, 1.54) is 18.2 Å². The average molecular weight is 462 g/mol. The number of nitro groups is 1. The van der Waals surface area contributed by atoms with E-state index in [1.54, 1.807) is 18.2 Å². The van der Waals surface area contributed by atoms with Gasteiger partial charge < -0.3 is 5.11 Å². The first kappa shape index (κ1) is 18.1. The molecule has 0 fully saturated rings. The molecule has 0 unspecified atom stereocenters. The number of carboxylic acid groups (broad SMARTS) is 1. The molecule has 0 aromatic heterocycles. The molecule has 0 aliphatic carbocycles. The average Bonchev–Trinajstić information content (AvgIpc) is 2.53. The normalized spacial score (nSPS) is 11.0. The van der Waals surface area contributed by atoms with Crippen molar-refractivity contribution in [1.29, 1.82) is 0 Å². The second kappa shape index (κ2) is 7.13. The lowest BCUT2D eigenvalue weighted by atomic mass is 10.3. The van der Waals surface area contributed by atoms with Crippen molar-refractivity contribution in [1.82, 2.24) is 0 Å². The van der Waals surface area contributed by atoms with Crippen LogP contribution in [0, 0.1) is 13.7 Å². The fourth-order valence-corrected chi connectivity index (χ4v) is 4.46. The molecule has 2 aromatic rings. The summed E-state index contributed by atoms with van der Waals surface area (Å²) in [6.45, 7) is -0.853. The molecule has 0 heterocycles. The Labute approximate surface area is 151 Å². The molecule has 8 nitrogen and oxygen atoms in total. The van der Waals surface area contributed by atoms with E-state index in [2.05, 4.69) is 0 Å². The van der Waals surface area contributed by atoms with Gasteiger partial charge in [-0.2, -0.15) is 0 Å². The Hall–Kier alpha value is -2.21. The molecule has 0 bridgehead atoms. The molecule has 0 radical (unpaired) electrons. The zero-order valence-corrected chi connectivity index (χ0v) is 15.0. The van der Waals surface area contributed by atoms with Crippen LogP contribution in [0.4, 0.5) is 11.4 Å². The Morgan fingerprint density at radius 1 is 1.17 bits per heavy atom. The molecule has 0 aliphatic heterocycles. The van der Waals surface area contributed by atoms with Gasteiger partial charge in [-0.05, 0) is 40.8 Å². The summed E-state index contributed by atoms with van der Waals surface area (Å²) in [6, 6.07) is 11.1. The van der Waals surface area contributed by atoms with Gasteiger partial charge in [0.05, 0.1) is 10.6 Å². The Kier molecular flexibility index (Phi) is 5.39. The van der Waals surface area contributed by atoms with Crippen molar-refractivity contribution in [3.8, 4) is 0 Å². The summed E-state index contributed by atoms with van der Waals surface area (Å²) >= 11 is 1.87. The quantitative estimate of drug-likeness (QED) is 0.401. The Morgan fingerprint density at radius 2 is 1.75 bits per heavy atom. The molecule has 0 aliphatic rings. The number of halogens is 1. The third-order valence-electron chi connectivity index (χ3n) is 3.03.